The molecular weight excluding hydrogens is 184 g/mol. The summed E-state index contributed by atoms with van der Waals surface area (Å²) in [5.74, 6) is -3.96. The van der Waals surface area contributed by atoms with Gasteiger partial charge in [-0.3, -0.25) is 20.2 Å². The fraction of sp³-hybridized carbons (Fsp3) is 1.00. The molecule has 0 atom stereocenters. The maximum atomic E-state index is 11.6. The second kappa shape index (κ2) is 3.32. The molecule has 0 radical (unpaired) electrons. The Morgan fingerprint density at radius 3 is 1.67 bits per heavy atom. The van der Waals surface area contributed by atoms with Gasteiger partial charge in [0.25, 0.3) is 0 Å². The van der Waals surface area contributed by atoms with E-state index in [1.165, 1.54) is 0 Å². The van der Waals surface area contributed by atoms with Crippen molar-refractivity contribution in [1.82, 2.24) is 5.34 Å². The van der Waals surface area contributed by atoms with Gasteiger partial charge in [0.15, 0.2) is 5.34 Å². The van der Waals surface area contributed by atoms with Crippen molar-refractivity contribution in [2.24, 2.45) is 0 Å². The van der Waals surface area contributed by atoms with Crippen molar-refractivity contribution in [2.45, 2.75) is 5.79 Å². The van der Waals surface area contributed by atoms with Gasteiger partial charge in [0.2, 0.25) is 6.61 Å². The van der Waals surface area contributed by atoms with Crippen LogP contribution in [-0.2, 0) is 0 Å². The van der Waals surface area contributed by atoms with Crippen LogP contribution in [0.4, 0.5) is 8.96 Å². The highest BCUT2D eigenvalue weighted by Crippen LogP contribution is 2.17. The summed E-state index contributed by atoms with van der Waals surface area (Å²) in [5, 5.41) is 25.5. The highest BCUT2D eigenvalue weighted by molar-refractivity contribution is 4.54. The molecule has 0 unspecified atom stereocenters. The predicted octanol–water partition coefficient (Wildman–Crippen LogP) is -0.743. The maximum absolute atomic E-state index is 11.6. The van der Waals surface area contributed by atoms with E-state index < -0.39 is 27.6 Å². The van der Waals surface area contributed by atoms with Gasteiger partial charge in [0, 0.05) is 0 Å². The first kappa shape index (κ1) is 10.6. The first-order valence-corrected chi connectivity index (χ1v) is 2.41. The van der Waals surface area contributed by atoms with Crippen LogP contribution in [0.25, 0.3) is 0 Å². The molecule has 0 aliphatic carbocycles. The molecule has 10 heteroatoms. The molecule has 0 rings (SSSR count). The second-order valence-electron chi connectivity index (χ2n) is 1.68. The van der Waals surface area contributed by atoms with Gasteiger partial charge in [-0.1, -0.05) is 8.96 Å². The van der Waals surface area contributed by atoms with E-state index in [2.05, 4.69) is 0 Å². The Balaban J connectivity index is 5.04. The zero-order chi connectivity index (χ0) is 9.94. The van der Waals surface area contributed by atoms with Crippen LogP contribution in [0.1, 0.15) is 0 Å². The van der Waals surface area contributed by atoms with Crippen molar-refractivity contribution in [3.63, 3.8) is 0 Å². The molecule has 0 amide bonds. The summed E-state index contributed by atoms with van der Waals surface area (Å²) in [6, 6.07) is 0. The van der Waals surface area contributed by atoms with Crippen LogP contribution in [0.5, 0.6) is 0 Å². The Morgan fingerprint density at radius 2 is 1.67 bits per heavy atom. The number of nitrogens with zero attached hydrogens (tertiary/aromatic N) is 3. The van der Waals surface area contributed by atoms with Gasteiger partial charge in [-0.25, -0.2) is 0 Å². The maximum Gasteiger partial charge on any atom is 0.597 e. The molecule has 0 aliphatic heterocycles. The van der Waals surface area contributed by atoms with Crippen LogP contribution in [0.2, 0.25) is 0 Å². The zero-order valence-electron chi connectivity index (χ0n) is 5.38. The third-order valence-corrected chi connectivity index (χ3v) is 1.07. The third-order valence-electron chi connectivity index (χ3n) is 1.07. The average molecular weight is 187 g/mol. The van der Waals surface area contributed by atoms with E-state index in [1.807, 2.05) is 0 Å². The number of nitro groups is 2. The van der Waals surface area contributed by atoms with E-state index in [0.717, 1.165) is 0 Å². The SMILES string of the molecule is O=[N+]([O-])C(CO)(N(F)F)[N+](=O)[O-]. The first-order chi connectivity index (χ1) is 5.39. The lowest BCUT2D eigenvalue weighted by Gasteiger charge is -2.12. The summed E-state index contributed by atoms with van der Waals surface area (Å²) in [6.45, 7) is -1.92. The molecule has 0 aromatic rings. The van der Waals surface area contributed by atoms with Crippen molar-refractivity contribution in [3.8, 4) is 0 Å². The summed E-state index contributed by atoms with van der Waals surface area (Å²) in [5.41, 5.74) is 0. The molecule has 0 aromatic heterocycles. The molecule has 0 saturated heterocycles. The van der Waals surface area contributed by atoms with Gasteiger partial charge in [0.05, 0.1) is 0 Å². The monoisotopic (exact) mass is 187 g/mol. The molecule has 70 valence electrons. The molecule has 0 saturated carbocycles. The lowest BCUT2D eigenvalue weighted by Crippen LogP contribution is -2.57. The topological polar surface area (TPSA) is 110 Å². The standard InChI is InChI=1S/C2H3F2N3O5/c3-5(4)2(1-8,6(9)10)7(11)12/h8H,1H2. The van der Waals surface area contributed by atoms with Crippen LogP contribution >= 0.6 is 0 Å². The van der Waals surface area contributed by atoms with E-state index in [1.54, 1.807) is 0 Å². The molecule has 0 heterocycles. The predicted molar refractivity (Wildman–Crippen MR) is 27.9 cm³/mol. The van der Waals surface area contributed by atoms with E-state index in [0.29, 0.717) is 0 Å². The van der Waals surface area contributed by atoms with Crippen molar-refractivity contribution in [1.29, 1.82) is 0 Å². The number of halogens is 2. The van der Waals surface area contributed by atoms with Gasteiger partial charge in [-0.05, 0) is 0 Å². The number of aliphatic hydroxyl groups is 1. The van der Waals surface area contributed by atoms with Gasteiger partial charge >= 0.3 is 5.79 Å². The summed E-state index contributed by atoms with van der Waals surface area (Å²) >= 11 is 0. The highest BCUT2D eigenvalue weighted by atomic mass is 19.4. The number of hydrogen-bond donors (Lipinski definition) is 1. The van der Waals surface area contributed by atoms with Crippen LogP contribution in [0.15, 0.2) is 0 Å². The Hall–Kier alpha value is -1.42. The van der Waals surface area contributed by atoms with E-state index in [9.17, 15) is 29.2 Å². The molecule has 0 fully saturated rings. The number of aliphatic hydroxyl groups excluding tert-OH is 1. The fourth-order valence-electron chi connectivity index (χ4n) is 0.359. The Morgan fingerprint density at radius 1 is 1.33 bits per heavy atom. The quantitative estimate of drug-likeness (QED) is 0.268. The van der Waals surface area contributed by atoms with Crippen molar-refractivity contribution in [2.75, 3.05) is 6.61 Å². The van der Waals surface area contributed by atoms with Gasteiger partial charge in [-0.15, -0.1) is 0 Å². The van der Waals surface area contributed by atoms with E-state index in [-0.39, 0.29) is 0 Å². The Kier molecular flexibility index (Phi) is 2.93. The molecule has 12 heavy (non-hydrogen) atoms. The zero-order valence-corrected chi connectivity index (χ0v) is 5.38. The van der Waals surface area contributed by atoms with Crippen molar-refractivity contribution >= 4 is 0 Å². The Labute approximate surface area is 63.2 Å². The number of rotatable bonds is 4. The van der Waals surface area contributed by atoms with Gasteiger partial charge < -0.3 is 5.11 Å². The Bertz CT molecular complexity index is 193. The van der Waals surface area contributed by atoms with Gasteiger partial charge in [0.1, 0.15) is 9.85 Å². The smallest absolute Gasteiger partial charge is 0.380 e. The molecule has 1 N–H and O–H groups in total. The third kappa shape index (κ3) is 1.29. The van der Waals surface area contributed by atoms with Crippen molar-refractivity contribution < 1.29 is 23.9 Å². The van der Waals surface area contributed by atoms with Crippen molar-refractivity contribution in [3.05, 3.63) is 20.2 Å². The minimum absolute atomic E-state index is 1.88. The lowest BCUT2D eigenvalue weighted by atomic mass is 10.4. The van der Waals surface area contributed by atoms with Crippen LogP contribution in [0, 0.1) is 20.2 Å². The highest BCUT2D eigenvalue weighted by Gasteiger charge is 2.65. The van der Waals surface area contributed by atoms with Crippen LogP contribution in [0.3, 0.4) is 0 Å². The summed E-state index contributed by atoms with van der Waals surface area (Å²) in [4.78, 5) is 15.9. The fourth-order valence-corrected chi connectivity index (χ4v) is 0.359. The van der Waals surface area contributed by atoms with E-state index >= 15 is 0 Å². The lowest BCUT2D eigenvalue weighted by molar-refractivity contribution is -0.849. The van der Waals surface area contributed by atoms with E-state index in [4.69, 9.17) is 5.11 Å². The minimum Gasteiger partial charge on any atom is -0.380 e. The summed E-state index contributed by atoms with van der Waals surface area (Å²) in [6.07, 6.45) is 0. The number of hydrogen-bond acceptors (Lipinski definition) is 6. The summed E-state index contributed by atoms with van der Waals surface area (Å²) in [7, 11) is 0. The minimum atomic E-state index is -3.96. The van der Waals surface area contributed by atoms with Crippen LogP contribution in [-0.4, -0.2) is 32.7 Å². The second-order valence-corrected chi connectivity index (χ2v) is 1.68. The van der Waals surface area contributed by atoms with Crippen LogP contribution < -0.4 is 0 Å². The normalized spacial score (nSPS) is 11.7. The molecule has 0 aromatic carbocycles. The summed E-state index contributed by atoms with van der Waals surface area (Å²) < 4.78 is 23.3. The molecular formula is C2H3F2N3O5. The van der Waals surface area contributed by atoms with Gasteiger partial charge in [-0.2, -0.15) is 0 Å². The first-order valence-electron chi connectivity index (χ1n) is 2.41. The largest absolute Gasteiger partial charge is 0.597 e. The molecule has 0 bridgehead atoms. The molecule has 0 spiro atoms. The average Bonchev–Trinajstić information content (AvgIpc) is 1.86. The molecule has 8 nitrogen and oxygen atoms in total. The molecule has 0 aliphatic rings.